The number of nitrogens with one attached hydrogen (secondary N) is 2. The number of aromatic nitrogens is 2. The van der Waals surface area contributed by atoms with E-state index in [0.717, 1.165) is 35.1 Å². The Morgan fingerprint density at radius 2 is 2.00 bits per heavy atom. The van der Waals surface area contributed by atoms with E-state index in [2.05, 4.69) is 27.6 Å². The highest BCUT2D eigenvalue weighted by atomic mass is 16.5. The van der Waals surface area contributed by atoms with Gasteiger partial charge in [0.15, 0.2) is 17.5 Å². The van der Waals surface area contributed by atoms with Crippen LogP contribution in [0.15, 0.2) is 35.5 Å². The van der Waals surface area contributed by atoms with Gasteiger partial charge in [0.05, 0.1) is 26.0 Å². The predicted octanol–water partition coefficient (Wildman–Crippen LogP) is 2.08. The van der Waals surface area contributed by atoms with Crippen LogP contribution < -0.4 is 20.1 Å². The quantitative estimate of drug-likeness (QED) is 0.566. The minimum atomic E-state index is 0.634. The fourth-order valence-electron chi connectivity index (χ4n) is 2.31. The average molecular weight is 345 g/mol. The van der Waals surface area contributed by atoms with Gasteiger partial charge in [0.2, 0.25) is 0 Å². The van der Waals surface area contributed by atoms with Gasteiger partial charge in [0.1, 0.15) is 0 Å². The van der Waals surface area contributed by atoms with Crippen LogP contribution in [0.3, 0.4) is 0 Å². The second-order valence-electron chi connectivity index (χ2n) is 5.56. The van der Waals surface area contributed by atoms with E-state index >= 15 is 0 Å². The zero-order valence-electron chi connectivity index (χ0n) is 15.4. The summed E-state index contributed by atoms with van der Waals surface area (Å²) in [5.74, 6) is 2.24. The lowest BCUT2D eigenvalue weighted by Crippen LogP contribution is -2.36. The van der Waals surface area contributed by atoms with Crippen molar-refractivity contribution < 1.29 is 9.47 Å². The monoisotopic (exact) mass is 345 g/mol. The van der Waals surface area contributed by atoms with Crippen molar-refractivity contribution in [3.63, 3.8) is 0 Å². The minimum Gasteiger partial charge on any atom is -0.493 e. The third kappa shape index (κ3) is 5.41. The molecular weight excluding hydrogens is 318 g/mol. The van der Waals surface area contributed by atoms with Crippen LogP contribution in [0.25, 0.3) is 0 Å². The van der Waals surface area contributed by atoms with Gasteiger partial charge in [-0.15, -0.1) is 0 Å². The highest BCUT2D eigenvalue weighted by Crippen LogP contribution is 2.28. The second kappa shape index (κ2) is 9.56. The third-order valence-corrected chi connectivity index (χ3v) is 3.73. The molecule has 1 aromatic carbocycles. The Morgan fingerprint density at radius 3 is 2.64 bits per heavy atom. The largest absolute Gasteiger partial charge is 0.493 e. The van der Waals surface area contributed by atoms with E-state index in [1.807, 2.05) is 36.0 Å². The summed E-state index contributed by atoms with van der Waals surface area (Å²) in [7, 11) is 5.32. The van der Waals surface area contributed by atoms with Gasteiger partial charge < -0.3 is 20.1 Å². The average Bonchev–Trinajstić information content (AvgIpc) is 3.05. The zero-order chi connectivity index (χ0) is 18.1. The van der Waals surface area contributed by atoms with Crippen LogP contribution in [0.1, 0.15) is 24.6 Å². The summed E-state index contributed by atoms with van der Waals surface area (Å²) in [4.78, 5) is 4.24. The summed E-state index contributed by atoms with van der Waals surface area (Å²) in [5, 5.41) is 10.7. The first-order valence-electron chi connectivity index (χ1n) is 8.39. The SMILES string of the molecule is CCCOc1ccc(CNC(=NC)NCc2ccnn2C)cc1OC. The van der Waals surface area contributed by atoms with Crippen molar-refractivity contribution in [3.05, 3.63) is 41.7 Å². The molecule has 2 N–H and O–H groups in total. The summed E-state index contributed by atoms with van der Waals surface area (Å²) in [6, 6.07) is 7.92. The molecule has 136 valence electrons. The van der Waals surface area contributed by atoms with Gasteiger partial charge in [-0.3, -0.25) is 9.67 Å². The fraction of sp³-hybridized carbons (Fsp3) is 0.444. The molecule has 0 spiro atoms. The fourth-order valence-corrected chi connectivity index (χ4v) is 2.31. The number of benzene rings is 1. The normalized spacial score (nSPS) is 11.3. The van der Waals surface area contributed by atoms with Crippen LogP contribution in [0, 0.1) is 0 Å². The molecule has 0 fully saturated rings. The smallest absolute Gasteiger partial charge is 0.191 e. The molecule has 2 rings (SSSR count). The molecule has 0 unspecified atom stereocenters. The minimum absolute atomic E-state index is 0.634. The number of rotatable bonds is 8. The van der Waals surface area contributed by atoms with Crippen molar-refractivity contribution in [1.29, 1.82) is 0 Å². The second-order valence-corrected chi connectivity index (χ2v) is 5.56. The number of hydrogen-bond donors (Lipinski definition) is 2. The van der Waals surface area contributed by atoms with Crippen molar-refractivity contribution in [2.45, 2.75) is 26.4 Å². The van der Waals surface area contributed by atoms with Crippen LogP contribution in [0.2, 0.25) is 0 Å². The molecule has 1 heterocycles. The zero-order valence-corrected chi connectivity index (χ0v) is 15.4. The molecule has 0 bridgehead atoms. The highest BCUT2D eigenvalue weighted by molar-refractivity contribution is 5.79. The molecule has 7 heteroatoms. The maximum absolute atomic E-state index is 5.68. The van der Waals surface area contributed by atoms with Gasteiger partial charge in [-0.25, -0.2) is 0 Å². The van der Waals surface area contributed by atoms with E-state index in [1.54, 1.807) is 20.4 Å². The standard InChI is InChI=1S/C18H27N5O2/c1-5-10-25-16-7-6-14(11-17(16)24-4)12-20-18(19-2)21-13-15-8-9-22-23(15)3/h6-9,11H,5,10,12-13H2,1-4H3,(H2,19,20,21). The number of aliphatic imine (C=N–C) groups is 1. The van der Waals surface area contributed by atoms with Crippen LogP contribution in [-0.2, 0) is 20.1 Å². The Kier molecular flexibility index (Phi) is 7.13. The van der Waals surface area contributed by atoms with E-state index in [1.165, 1.54) is 0 Å². The number of nitrogens with zero attached hydrogens (tertiary/aromatic N) is 3. The van der Waals surface area contributed by atoms with Gasteiger partial charge in [0, 0.05) is 26.8 Å². The first kappa shape index (κ1) is 18.6. The number of aryl methyl sites for hydroxylation is 1. The van der Waals surface area contributed by atoms with Crippen molar-refractivity contribution in [2.24, 2.45) is 12.0 Å². The van der Waals surface area contributed by atoms with Gasteiger partial charge >= 0.3 is 0 Å². The lowest BCUT2D eigenvalue weighted by Gasteiger charge is -2.14. The molecular formula is C18H27N5O2. The summed E-state index contributed by atoms with van der Waals surface area (Å²) in [6.07, 6.45) is 2.74. The molecule has 7 nitrogen and oxygen atoms in total. The number of ether oxygens (including phenoxy) is 2. The topological polar surface area (TPSA) is 72.7 Å². The third-order valence-electron chi connectivity index (χ3n) is 3.73. The molecule has 1 aromatic heterocycles. The molecule has 0 atom stereocenters. The van der Waals surface area contributed by atoms with Crippen molar-refractivity contribution in [2.75, 3.05) is 20.8 Å². The number of guanidine groups is 1. The molecule has 0 aliphatic heterocycles. The van der Waals surface area contributed by atoms with Crippen LogP contribution >= 0.6 is 0 Å². The molecule has 0 radical (unpaired) electrons. The molecule has 25 heavy (non-hydrogen) atoms. The summed E-state index contributed by atoms with van der Waals surface area (Å²) < 4.78 is 12.9. The first-order chi connectivity index (χ1) is 12.2. The Labute approximate surface area is 149 Å². The molecule has 0 aliphatic rings. The van der Waals surface area contributed by atoms with E-state index in [4.69, 9.17) is 9.47 Å². The van der Waals surface area contributed by atoms with Crippen LogP contribution in [0.4, 0.5) is 0 Å². The summed E-state index contributed by atoms with van der Waals surface area (Å²) in [6.45, 7) is 4.05. The lowest BCUT2D eigenvalue weighted by atomic mass is 10.2. The van der Waals surface area contributed by atoms with Crippen LogP contribution in [0.5, 0.6) is 11.5 Å². The van der Waals surface area contributed by atoms with Gasteiger partial charge in [-0.2, -0.15) is 5.10 Å². The van der Waals surface area contributed by atoms with E-state index in [9.17, 15) is 0 Å². The van der Waals surface area contributed by atoms with Gasteiger partial charge in [0.25, 0.3) is 0 Å². The number of hydrogen-bond acceptors (Lipinski definition) is 4. The van der Waals surface area contributed by atoms with Crippen molar-refractivity contribution >= 4 is 5.96 Å². The first-order valence-corrected chi connectivity index (χ1v) is 8.39. The van der Waals surface area contributed by atoms with Crippen molar-refractivity contribution in [3.8, 4) is 11.5 Å². The Hall–Kier alpha value is -2.70. The highest BCUT2D eigenvalue weighted by Gasteiger charge is 2.07. The summed E-state index contributed by atoms with van der Waals surface area (Å²) in [5.41, 5.74) is 2.17. The maximum Gasteiger partial charge on any atom is 0.191 e. The molecule has 0 saturated carbocycles. The molecule has 0 amide bonds. The summed E-state index contributed by atoms with van der Waals surface area (Å²) >= 11 is 0. The Morgan fingerprint density at radius 1 is 1.20 bits per heavy atom. The van der Waals surface area contributed by atoms with Crippen LogP contribution in [-0.4, -0.2) is 36.5 Å². The molecule has 2 aromatic rings. The van der Waals surface area contributed by atoms with Crippen molar-refractivity contribution in [1.82, 2.24) is 20.4 Å². The Bertz CT molecular complexity index is 697. The lowest BCUT2D eigenvalue weighted by molar-refractivity contribution is 0.294. The number of methoxy groups -OCH3 is 1. The molecule has 0 aliphatic carbocycles. The van der Waals surface area contributed by atoms with Gasteiger partial charge in [-0.05, 0) is 30.2 Å². The predicted molar refractivity (Wildman–Crippen MR) is 99.0 cm³/mol. The maximum atomic E-state index is 5.68. The van der Waals surface area contributed by atoms with E-state index < -0.39 is 0 Å². The molecule has 0 saturated heterocycles. The Balaban J connectivity index is 1.91. The van der Waals surface area contributed by atoms with E-state index in [0.29, 0.717) is 19.7 Å². The van der Waals surface area contributed by atoms with Gasteiger partial charge in [-0.1, -0.05) is 13.0 Å². The van der Waals surface area contributed by atoms with E-state index in [-0.39, 0.29) is 0 Å².